The second kappa shape index (κ2) is 5.10. The van der Waals surface area contributed by atoms with E-state index in [0.29, 0.717) is 0 Å². The molecule has 3 aromatic rings. The molecule has 0 unspecified atom stereocenters. The van der Waals surface area contributed by atoms with Crippen molar-refractivity contribution in [3.8, 4) is 11.1 Å². The molecule has 0 fully saturated rings. The molecule has 94 valence electrons. The molecule has 0 aromatic heterocycles. The third-order valence-electron chi connectivity index (χ3n) is 3.25. The van der Waals surface area contributed by atoms with Gasteiger partial charge in [-0.05, 0) is 52.6 Å². The summed E-state index contributed by atoms with van der Waals surface area (Å²) in [7, 11) is 0. The first kappa shape index (κ1) is 12.9. The van der Waals surface area contributed by atoms with Gasteiger partial charge in [0.05, 0.1) is 0 Å². The van der Waals surface area contributed by atoms with Crippen molar-refractivity contribution < 1.29 is 0 Å². The molecule has 19 heavy (non-hydrogen) atoms. The van der Waals surface area contributed by atoms with Crippen LogP contribution in [-0.4, -0.2) is 0 Å². The normalized spacial score (nSPS) is 10.9. The quantitative estimate of drug-likeness (QED) is 0.465. The van der Waals surface area contributed by atoms with Gasteiger partial charge in [-0.15, -0.1) is 0 Å². The summed E-state index contributed by atoms with van der Waals surface area (Å²) in [5.74, 6) is 0. The summed E-state index contributed by atoms with van der Waals surface area (Å²) in [6.07, 6.45) is 0. The molecule has 0 atom stereocenters. The van der Waals surface area contributed by atoms with Gasteiger partial charge < -0.3 is 0 Å². The van der Waals surface area contributed by atoms with Gasteiger partial charge in [-0.25, -0.2) is 0 Å². The first-order chi connectivity index (χ1) is 9.15. The van der Waals surface area contributed by atoms with Gasteiger partial charge in [0.1, 0.15) is 0 Å². The summed E-state index contributed by atoms with van der Waals surface area (Å²) in [6, 6.07) is 19.3. The SMILES string of the molecule is Cc1ccc(-c2cc3ccccc3cc2Br)c(Br)c1. The zero-order valence-electron chi connectivity index (χ0n) is 10.5. The van der Waals surface area contributed by atoms with E-state index >= 15 is 0 Å². The fraction of sp³-hybridized carbons (Fsp3) is 0.0588. The van der Waals surface area contributed by atoms with Crippen LogP contribution < -0.4 is 0 Å². The number of halogens is 2. The fourth-order valence-electron chi connectivity index (χ4n) is 2.26. The van der Waals surface area contributed by atoms with Crippen molar-refractivity contribution in [2.75, 3.05) is 0 Å². The standard InChI is InChI=1S/C17H12Br2/c1-11-6-7-14(16(18)8-11)15-9-12-4-2-3-5-13(12)10-17(15)19/h2-10H,1H3. The van der Waals surface area contributed by atoms with E-state index in [1.165, 1.54) is 27.5 Å². The Morgan fingerprint density at radius 3 is 2.00 bits per heavy atom. The van der Waals surface area contributed by atoms with Crippen LogP contribution in [0.2, 0.25) is 0 Å². The molecule has 0 N–H and O–H groups in total. The van der Waals surface area contributed by atoms with E-state index in [1.807, 2.05) is 0 Å². The number of hydrogen-bond donors (Lipinski definition) is 0. The van der Waals surface area contributed by atoms with Crippen LogP contribution in [0.25, 0.3) is 21.9 Å². The molecule has 2 heteroatoms. The lowest BCUT2D eigenvalue weighted by Gasteiger charge is -2.10. The maximum atomic E-state index is 3.69. The Morgan fingerprint density at radius 2 is 1.32 bits per heavy atom. The van der Waals surface area contributed by atoms with Gasteiger partial charge >= 0.3 is 0 Å². The van der Waals surface area contributed by atoms with E-state index in [0.717, 1.165) is 8.95 Å². The second-order valence-corrected chi connectivity index (χ2v) is 6.37. The van der Waals surface area contributed by atoms with Gasteiger partial charge in [-0.3, -0.25) is 0 Å². The maximum Gasteiger partial charge on any atom is 0.0260 e. The zero-order chi connectivity index (χ0) is 13.4. The summed E-state index contributed by atoms with van der Waals surface area (Å²) >= 11 is 7.35. The Labute approximate surface area is 129 Å². The minimum absolute atomic E-state index is 1.12. The molecule has 0 bridgehead atoms. The third-order valence-corrected chi connectivity index (χ3v) is 4.56. The molecule has 0 aliphatic rings. The molecule has 0 heterocycles. The minimum Gasteiger partial charge on any atom is -0.0616 e. The van der Waals surface area contributed by atoms with E-state index in [2.05, 4.69) is 93.4 Å². The fourth-order valence-corrected chi connectivity index (χ4v) is 3.54. The van der Waals surface area contributed by atoms with Gasteiger partial charge in [-0.1, -0.05) is 68.3 Å². The van der Waals surface area contributed by atoms with Gasteiger partial charge in [0.2, 0.25) is 0 Å². The van der Waals surface area contributed by atoms with Crippen molar-refractivity contribution in [1.29, 1.82) is 0 Å². The van der Waals surface area contributed by atoms with Gasteiger partial charge in [0.15, 0.2) is 0 Å². The monoisotopic (exact) mass is 374 g/mol. The molecule has 0 nitrogen and oxygen atoms in total. The first-order valence-corrected chi connectivity index (χ1v) is 7.68. The van der Waals surface area contributed by atoms with Crippen molar-refractivity contribution in [3.05, 3.63) is 69.1 Å². The third kappa shape index (κ3) is 2.47. The van der Waals surface area contributed by atoms with Crippen molar-refractivity contribution in [3.63, 3.8) is 0 Å². The lowest BCUT2D eigenvalue weighted by atomic mass is 10.0. The van der Waals surface area contributed by atoms with E-state index in [4.69, 9.17) is 0 Å². The summed E-state index contributed by atoms with van der Waals surface area (Å²) in [5, 5.41) is 2.51. The average molecular weight is 376 g/mol. The highest BCUT2D eigenvalue weighted by atomic mass is 79.9. The van der Waals surface area contributed by atoms with E-state index < -0.39 is 0 Å². The molecule has 0 aliphatic carbocycles. The van der Waals surface area contributed by atoms with Crippen molar-refractivity contribution in [2.45, 2.75) is 6.92 Å². The minimum atomic E-state index is 1.12. The Balaban J connectivity index is 2.27. The molecule has 0 saturated carbocycles. The second-order valence-electron chi connectivity index (χ2n) is 4.66. The summed E-state index contributed by atoms with van der Waals surface area (Å²) in [6.45, 7) is 2.10. The summed E-state index contributed by atoms with van der Waals surface area (Å²) in [5.41, 5.74) is 3.68. The van der Waals surface area contributed by atoms with Crippen LogP contribution in [-0.2, 0) is 0 Å². The van der Waals surface area contributed by atoms with Crippen LogP contribution >= 0.6 is 31.9 Å². The van der Waals surface area contributed by atoms with E-state index in [9.17, 15) is 0 Å². The molecular formula is C17H12Br2. The van der Waals surface area contributed by atoms with Crippen LogP contribution in [0.4, 0.5) is 0 Å². The van der Waals surface area contributed by atoms with Crippen molar-refractivity contribution in [1.82, 2.24) is 0 Å². The average Bonchev–Trinajstić information content (AvgIpc) is 2.38. The zero-order valence-corrected chi connectivity index (χ0v) is 13.6. The van der Waals surface area contributed by atoms with Crippen molar-refractivity contribution in [2.24, 2.45) is 0 Å². The smallest absolute Gasteiger partial charge is 0.0260 e. The Morgan fingerprint density at radius 1 is 0.684 bits per heavy atom. The predicted octanol–water partition coefficient (Wildman–Crippen LogP) is 6.34. The highest BCUT2D eigenvalue weighted by Gasteiger charge is 2.08. The number of hydrogen-bond acceptors (Lipinski definition) is 0. The van der Waals surface area contributed by atoms with Crippen LogP contribution in [0.3, 0.4) is 0 Å². The van der Waals surface area contributed by atoms with E-state index in [1.54, 1.807) is 0 Å². The molecule has 0 spiro atoms. The van der Waals surface area contributed by atoms with Crippen LogP contribution in [0.15, 0.2) is 63.5 Å². The molecule has 3 rings (SSSR count). The topological polar surface area (TPSA) is 0 Å². The van der Waals surface area contributed by atoms with Crippen LogP contribution in [0.1, 0.15) is 5.56 Å². The number of rotatable bonds is 1. The largest absolute Gasteiger partial charge is 0.0616 e. The Hall–Kier alpha value is -1.12. The van der Waals surface area contributed by atoms with E-state index in [-0.39, 0.29) is 0 Å². The lowest BCUT2D eigenvalue weighted by Crippen LogP contribution is -1.84. The van der Waals surface area contributed by atoms with Crippen LogP contribution in [0, 0.1) is 6.92 Å². The maximum absolute atomic E-state index is 3.69. The highest BCUT2D eigenvalue weighted by Crippen LogP contribution is 2.36. The molecule has 0 saturated heterocycles. The highest BCUT2D eigenvalue weighted by molar-refractivity contribution is 9.11. The molecular weight excluding hydrogens is 364 g/mol. The lowest BCUT2D eigenvalue weighted by molar-refractivity contribution is 1.44. The molecule has 3 aromatic carbocycles. The summed E-state index contributed by atoms with van der Waals surface area (Å²) < 4.78 is 2.25. The van der Waals surface area contributed by atoms with Gasteiger partial charge in [0, 0.05) is 8.95 Å². The molecule has 0 amide bonds. The number of aryl methyl sites for hydroxylation is 1. The first-order valence-electron chi connectivity index (χ1n) is 6.10. The molecule has 0 radical (unpaired) electrons. The van der Waals surface area contributed by atoms with Crippen molar-refractivity contribution >= 4 is 42.6 Å². The van der Waals surface area contributed by atoms with Gasteiger partial charge in [-0.2, -0.15) is 0 Å². The number of fused-ring (bicyclic) bond motifs is 1. The Bertz CT molecular complexity index is 760. The Kier molecular flexibility index (Phi) is 3.46. The van der Waals surface area contributed by atoms with Crippen LogP contribution in [0.5, 0.6) is 0 Å². The van der Waals surface area contributed by atoms with Gasteiger partial charge in [0.25, 0.3) is 0 Å². The molecule has 0 aliphatic heterocycles. The number of benzene rings is 3. The predicted molar refractivity (Wildman–Crippen MR) is 89.5 cm³/mol. The summed E-state index contributed by atoms with van der Waals surface area (Å²) in [4.78, 5) is 0.